The Morgan fingerprint density at radius 3 is 2.89 bits per heavy atom. The van der Waals surface area contributed by atoms with Crippen LogP contribution in [-0.2, 0) is 0 Å². The molecule has 0 radical (unpaired) electrons. The molecule has 0 saturated carbocycles. The summed E-state index contributed by atoms with van der Waals surface area (Å²) in [4.78, 5) is 8.06. The molecule has 0 atom stereocenters. The molecule has 7 heteroatoms. The molecule has 0 aliphatic carbocycles. The Labute approximate surface area is 114 Å². The number of hydrogen-bond acceptors (Lipinski definition) is 5. The van der Waals surface area contributed by atoms with E-state index in [0.717, 1.165) is 0 Å². The van der Waals surface area contributed by atoms with Gasteiger partial charge in [0, 0.05) is 12.7 Å². The van der Waals surface area contributed by atoms with Crippen LogP contribution >= 0.6 is 11.6 Å². The minimum atomic E-state index is -0.572. The van der Waals surface area contributed by atoms with E-state index < -0.39 is 5.82 Å². The van der Waals surface area contributed by atoms with Crippen molar-refractivity contribution in [2.75, 3.05) is 17.7 Å². The van der Waals surface area contributed by atoms with Crippen LogP contribution in [0.25, 0.3) is 0 Å². The maximum absolute atomic E-state index is 13.2. The SMILES string of the molecule is CNc1ncc(Cl)c(Nc2ccc(F)c(C#N)c2)n1. The van der Waals surface area contributed by atoms with E-state index in [1.807, 2.05) is 0 Å². The van der Waals surface area contributed by atoms with Crippen LogP contribution in [0.15, 0.2) is 24.4 Å². The molecule has 0 saturated heterocycles. The quantitative estimate of drug-likeness (QED) is 0.902. The summed E-state index contributed by atoms with van der Waals surface area (Å²) in [7, 11) is 1.68. The zero-order chi connectivity index (χ0) is 13.8. The lowest BCUT2D eigenvalue weighted by Crippen LogP contribution is -2.01. The number of aromatic nitrogens is 2. The fraction of sp³-hybridized carbons (Fsp3) is 0.0833. The molecule has 2 aromatic rings. The highest BCUT2D eigenvalue weighted by molar-refractivity contribution is 6.32. The van der Waals surface area contributed by atoms with Gasteiger partial charge in [0.25, 0.3) is 0 Å². The monoisotopic (exact) mass is 277 g/mol. The first-order valence-electron chi connectivity index (χ1n) is 5.31. The lowest BCUT2D eigenvalue weighted by atomic mass is 10.2. The molecule has 0 spiro atoms. The summed E-state index contributed by atoms with van der Waals surface area (Å²) >= 11 is 5.95. The van der Waals surface area contributed by atoms with Gasteiger partial charge in [-0.2, -0.15) is 10.2 Å². The van der Waals surface area contributed by atoms with Gasteiger partial charge in [-0.15, -0.1) is 0 Å². The van der Waals surface area contributed by atoms with Crippen LogP contribution in [0.1, 0.15) is 5.56 Å². The van der Waals surface area contributed by atoms with Crippen LogP contribution in [0, 0.1) is 17.1 Å². The van der Waals surface area contributed by atoms with Crippen LogP contribution in [0.4, 0.5) is 21.8 Å². The highest BCUT2D eigenvalue weighted by Gasteiger charge is 2.07. The molecule has 96 valence electrons. The topological polar surface area (TPSA) is 73.6 Å². The second kappa shape index (κ2) is 5.50. The summed E-state index contributed by atoms with van der Waals surface area (Å²) in [6, 6.07) is 5.84. The highest BCUT2D eigenvalue weighted by atomic mass is 35.5. The molecule has 0 unspecified atom stereocenters. The van der Waals surface area contributed by atoms with Crippen LogP contribution < -0.4 is 10.6 Å². The van der Waals surface area contributed by atoms with Crippen molar-refractivity contribution in [2.24, 2.45) is 0 Å². The first kappa shape index (κ1) is 13.1. The Morgan fingerprint density at radius 1 is 1.42 bits per heavy atom. The minimum absolute atomic E-state index is 0.0518. The number of nitriles is 1. The zero-order valence-corrected chi connectivity index (χ0v) is 10.7. The van der Waals surface area contributed by atoms with E-state index in [-0.39, 0.29) is 5.56 Å². The molecule has 0 aliphatic rings. The summed E-state index contributed by atoms with van der Waals surface area (Å²) in [5.74, 6) is 0.198. The largest absolute Gasteiger partial charge is 0.357 e. The van der Waals surface area contributed by atoms with Crippen molar-refractivity contribution >= 4 is 29.1 Å². The summed E-state index contributed by atoms with van der Waals surface area (Å²) < 4.78 is 13.2. The molecule has 0 amide bonds. The van der Waals surface area contributed by atoms with Crippen molar-refractivity contribution in [1.29, 1.82) is 5.26 Å². The molecule has 5 nitrogen and oxygen atoms in total. The van der Waals surface area contributed by atoms with Crippen LogP contribution in [0.3, 0.4) is 0 Å². The lowest BCUT2D eigenvalue weighted by molar-refractivity contribution is 0.624. The first-order valence-corrected chi connectivity index (χ1v) is 5.69. The molecule has 2 N–H and O–H groups in total. The van der Waals surface area contributed by atoms with E-state index in [1.54, 1.807) is 13.1 Å². The van der Waals surface area contributed by atoms with Crippen molar-refractivity contribution in [3.8, 4) is 6.07 Å². The van der Waals surface area contributed by atoms with Crippen LogP contribution in [-0.4, -0.2) is 17.0 Å². The number of anilines is 3. The predicted octanol–water partition coefficient (Wildman–Crippen LogP) is 2.93. The standard InChI is InChI=1S/C12H9ClFN5/c1-16-12-17-6-9(13)11(19-12)18-8-2-3-10(14)7(4-8)5-15/h2-4,6H,1H3,(H2,16,17,18,19). The zero-order valence-electron chi connectivity index (χ0n) is 9.91. The van der Waals surface area contributed by atoms with Gasteiger partial charge in [0.1, 0.15) is 16.9 Å². The van der Waals surface area contributed by atoms with Gasteiger partial charge in [-0.1, -0.05) is 11.6 Å². The van der Waals surface area contributed by atoms with Crippen molar-refractivity contribution in [2.45, 2.75) is 0 Å². The molecule has 0 aliphatic heterocycles. The van der Waals surface area contributed by atoms with Gasteiger partial charge >= 0.3 is 0 Å². The van der Waals surface area contributed by atoms with Crippen LogP contribution in [0.5, 0.6) is 0 Å². The first-order chi connectivity index (χ1) is 9.13. The van der Waals surface area contributed by atoms with E-state index >= 15 is 0 Å². The Kier molecular flexibility index (Phi) is 3.78. The number of rotatable bonds is 3. The molecular formula is C12H9ClFN5. The van der Waals surface area contributed by atoms with E-state index in [2.05, 4.69) is 20.6 Å². The second-order valence-electron chi connectivity index (χ2n) is 3.57. The van der Waals surface area contributed by atoms with Crippen molar-refractivity contribution in [3.63, 3.8) is 0 Å². The van der Waals surface area contributed by atoms with Crippen molar-refractivity contribution in [1.82, 2.24) is 9.97 Å². The van der Waals surface area contributed by atoms with Gasteiger partial charge in [0.2, 0.25) is 5.95 Å². The Balaban J connectivity index is 2.33. The van der Waals surface area contributed by atoms with Gasteiger partial charge in [-0.05, 0) is 18.2 Å². The van der Waals surface area contributed by atoms with Gasteiger partial charge in [0.05, 0.1) is 11.8 Å². The molecule has 1 aromatic carbocycles. The summed E-state index contributed by atoms with van der Waals surface area (Å²) in [6.07, 6.45) is 1.44. The fourth-order valence-electron chi connectivity index (χ4n) is 1.40. The van der Waals surface area contributed by atoms with Crippen LogP contribution in [0.2, 0.25) is 5.02 Å². The Bertz CT molecular complexity index is 653. The maximum atomic E-state index is 13.2. The van der Waals surface area contributed by atoms with Crippen molar-refractivity contribution < 1.29 is 4.39 Å². The normalized spacial score (nSPS) is 9.79. The average Bonchev–Trinajstić information content (AvgIpc) is 2.43. The number of halogens is 2. The average molecular weight is 278 g/mol. The molecule has 2 rings (SSSR count). The fourth-order valence-corrected chi connectivity index (χ4v) is 1.54. The molecule has 19 heavy (non-hydrogen) atoms. The number of hydrogen-bond donors (Lipinski definition) is 2. The van der Waals surface area contributed by atoms with Gasteiger partial charge in [-0.25, -0.2) is 9.37 Å². The Hall–Kier alpha value is -2.39. The van der Waals surface area contributed by atoms with Gasteiger partial charge < -0.3 is 10.6 Å². The molecular weight excluding hydrogens is 269 g/mol. The summed E-state index contributed by atoms with van der Waals surface area (Å²) in [5.41, 5.74) is 0.463. The number of nitrogens with one attached hydrogen (secondary N) is 2. The third kappa shape index (κ3) is 2.89. The molecule has 1 heterocycles. The maximum Gasteiger partial charge on any atom is 0.224 e. The van der Waals surface area contributed by atoms with Gasteiger partial charge in [-0.3, -0.25) is 0 Å². The predicted molar refractivity (Wildman–Crippen MR) is 71.0 cm³/mol. The van der Waals surface area contributed by atoms with E-state index in [9.17, 15) is 4.39 Å². The third-order valence-corrected chi connectivity index (χ3v) is 2.59. The Morgan fingerprint density at radius 2 is 2.21 bits per heavy atom. The molecule has 1 aromatic heterocycles. The van der Waals surface area contributed by atoms with Gasteiger partial charge in [0.15, 0.2) is 5.82 Å². The van der Waals surface area contributed by atoms with E-state index in [0.29, 0.717) is 22.5 Å². The van der Waals surface area contributed by atoms with E-state index in [1.165, 1.54) is 24.4 Å². The molecule has 0 bridgehead atoms. The third-order valence-electron chi connectivity index (χ3n) is 2.32. The number of nitrogens with zero attached hydrogens (tertiary/aromatic N) is 3. The summed E-state index contributed by atoms with van der Waals surface area (Å²) in [5, 5.41) is 14.8. The second-order valence-corrected chi connectivity index (χ2v) is 3.98. The molecule has 0 fully saturated rings. The van der Waals surface area contributed by atoms with E-state index in [4.69, 9.17) is 16.9 Å². The lowest BCUT2D eigenvalue weighted by Gasteiger charge is -2.09. The number of benzene rings is 1. The smallest absolute Gasteiger partial charge is 0.224 e. The summed E-state index contributed by atoms with van der Waals surface area (Å²) in [6.45, 7) is 0. The highest BCUT2D eigenvalue weighted by Crippen LogP contribution is 2.24. The van der Waals surface area contributed by atoms with Crippen molar-refractivity contribution in [3.05, 3.63) is 40.8 Å². The minimum Gasteiger partial charge on any atom is -0.357 e.